The van der Waals surface area contributed by atoms with Crippen molar-refractivity contribution in [3.8, 4) is 0 Å². The summed E-state index contributed by atoms with van der Waals surface area (Å²) >= 11 is 0. The number of hydrogen-bond donors (Lipinski definition) is 1. The first-order valence-electron chi connectivity index (χ1n) is 6.59. The predicted molar refractivity (Wildman–Crippen MR) is 76.2 cm³/mol. The number of nitrogens with zero attached hydrogens (tertiary/aromatic N) is 3. The van der Waals surface area contributed by atoms with Crippen LogP contribution in [0.25, 0.3) is 5.76 Å². The molecule has 0 fully saturated rings. The molecule has 0 aliphatic rings. The van der Waals surface area contributed by atoms with Gasteiger partial charge in [-0.1, -0.05) is 0 Å². The van der Waals surface area contributed by atoms with Crippen LogP contribution in [0.3, 0.4) is 0 Å². The highest BCUT2D eigenvalue weighted by atomic mass is 16.6. The lowest BCUT2D eigenvalue weighted by Gasteiger charge is -2.09. The summed E-state index contributed by atoms with van der Waals surface area (Å²) in [6.07, 6.45) is 0. The number of imidazole rings is 1. The van der Waals surface area contributed by atoms with Crippen molar-refractivity contribution in [2.24, 2.45) is 0 Å². The normalized spacial score (nSPS) is 11.8. The van der Waals surface area contributed by atoms with Crippen LogP contribution in [-0.4, -0.2) is 37.9 Å². The summed E-state index contributed by atoms with van der Waals surface area (Å²) in [5, 5.41) is 21.4. The first kappa shape index (κ1) is 17.3. The second kappa shape index (κ2) is 6.83. The van der Waals surface area contributed by atoms with Gasteiger partial charge in [-0.15, -0.1) is 0 Å². The molecule has 0 aromatic carbocycles. The number of esters is 1. The third-order valence-corrected chi connectivity index (χ3v) is 2.92. The number of Topliss-reactive ketones (excluding diaryl/α,β-unsaturated/α-hetero) is 1. The smallest absolute Gasteiger partial charge is 0.393 e. The van der Waals surface area contributed by atoms with Crippen LogP contribution in [-0.2, 0) is 20.9 Å². The van der Waals surface area contributed by atoms with Crippen LogP contribution in [0, 0.1) is 17.0 Å². The van der Waals surface area contributed by atoms with Gasteiger partial charge in [0.25, 0.3) is 0 Å². The van der Waals surface area contributed by atoms with E-state index in [9.17, 15) is 24.8 Å². The van der Waals surface area contributed by atoms with Gasteiger partial charge < -0.3 is 20.0 Å². The fraction of sp³-hybridized carbons (Fsp3) is 0.462. The quantitative estimate of drug-likeness (QED) is 0.161. The molecule has 1 heterocycles. The van der Waals surface area contributed by atoms with Crippen molar-refractivity contribution in [1.29, 1.82) is 0 Å². The van der Waals surface area contributed by atoms with Crippen molar-refractivity contribution >= 4 is 23.3 Å². The summed E-state index contributed by atoms with van der Waals surface area (Å²) in [5.41, 5.74) is -0.928. The van der Waals surface area contributed by atoms with E-state index < -0.39 is 33.8 Å². The Balaban J connectivity index is 3.68. The minimum atomic E-state index is -1.04. The number of aliphatic hydroxyl groups excluding tert-OH is 1. The number of ketones is 1. The van der Waals surface area contributed by atoms with Gasteiger partial charge >= 0.3 is 11.8 Å². The summed E-state index contributed by atoms with van der Waals surface area (Å²) in [5.74, 6) is -2.95. The SMILES string of the molecule is CCOC(=O)/C(C(C)=O)=C(\O)c1c([N+](=O)[O-])nc(C)n1CC. The molecule has 120 valence electrons. The fourth-order valence-corrected chi connectivity index (χ4v) is 2.03. The first-order valence-corrected chi connectivity index (χ1v) is 6.59. The molecule has 1 rings (SSSR count). The fourth-order valence-electron chi connectivity index (χ4n) is 2.03. The molecule has 0 radical (unpaired) electrons. The van der Waals surface area contributed by atoms with Gasteiger partial charge in [-0.25, -0.2) is 4.79 Å². The number of carbonyl (C=O) groups excluding carboxylic acids is 2. The third-order valence-electron chi connectivity index (χ3n) is 2.92. The molecule has 0 aliphatic heterocycles. The van der Waals surface area contributed by atoms with E-state index in [1.165, 1.54) is 18.4 Å². The average molecular weight is 311 g/mol. The van der Waals surface area contributed by atoms with Crippen LogP contribution in [0.15, 0.2) is 5.57 Å². The first-order chi connectivity index (χ1) is 10.3. The van der Waals surface area contributed by atoms with Crippen LogP contribution in [0.5, 0.6) is 0 Å². The van der Waals surface area contributed by atoms with E-state index in [-0.39, 0.29) is 24.7 Å². The maximum Gasteiger partial charge on any atom is 0.393 e. The summed E-state index contributed by atoms with van der Waals surface area (Å²) in [6.45, 7) is 6.07. The molecule has 9 nitrogen and oxygen atoms in total. The molecule has 0 bridgehead atoms. The molecule has 1 aromatic rings. The standard InChI is InChI=1S/C13H17N3O6/c1-5-15-8(4)14-12(16(20)21)10(15)11(18)9(7(3)17)13(19)22-6-2/h18H,5-6H2,1-4H3/b11-9-. The summed E-state index contributed by atoms with van der Waals surface area (Å²) in [7, 11) is 0. The Morgan fingerprint density at radius 3 is 2.41 bits per heavy atom. The minimum absolute atomic E-state index is 0.00292. The van der Waals surface area contributed by atoms with Gasteiger partial charge in [-0.05, 0) is 30.7 Å². The maximum absolute atomic E-state index is 11.8. The van der Waals surface area contributed by atoms with Crippen molar-refractivity contribution in [2.45, 2.75) is 34.2 Å². The third kappa shape index (κ3) is 3.13. The summed E-state index contributed by atoms with van der Waals surface area (Å²) < 4.78 is 6.05. The molecule has 0 unspecified atom stereocenters. The Morgan fingerprint density at radius 1 is 1.41 bits per heavy atom. The molecule has 0 amide bonds. The van der Waals surface area contributed by atoms with Crippen LogP contribution in [0.4, 0.5) is 5.82 Å². The maximum atomic E-state index is 11.8. The van der Waals surface area contributed by atoms with Crippen molar-refractivity contribution in [3.05, 3.63) is 27.2 Å². The molecule has 0 spiro atoms. The Morgan fingerprint density at radius 2 is 2.00 bits per heavy atom. The molecule has 9 heteroatoms. The van der Waals surface area contributed by atoms with Gasteiger partial charge in [0.15, 0.2) is 17.2 Å². The van der Waals surface area contributed by atoms with Gasteiger partial charge in [0.05, 0.1) is 6.61 Å². The van der Waals surface area contributed by atoms with Crippen LogP contribution < -0.4 is 0 Å². The zero-order chi connectivity index (χ0) is 17.0. The van der Waals surface area contributed by atoms with Crippen LogP contribution in [0.1, 0.15) is 32.3 Å². The number of carbonyl (C=O) groups is 2. The Labute approximate surface area is 126 Å². The summed E-state index contributed by atoms with van der Waals surface area (Å²) in [4.78, 5) is 37.5. The van der Waals surface area contributed by atoms with Crippen molar-refractivity contribution in [3.63, 3.8) is 0 Å². The number of aromatic nitrogens is 2. The van der Waals surface area contributed by atoms with Crippen molar-refractivity contribution in [2.75, 3.05) is 6.61 Å². The number of rotatable bonds is 6. The van der Waals surface area contributed by atoms with Crippen LogP contribution in [0.2, 0.25) is 0 Å². The molecule has 22 heavy (non-hydrogen) atoms. The molecule has 0 saturated heterocycles. The molecular weight excluding hydrogens is 294 g/mol. The van der Waals surface area contributed by atoms with Gasteiger partial charge in [0, 0.05) is 13.5 Å². The molecule has 0 saturated carbocycles. The number of nitro groups is 1. The van der Waals surface area contributed by atoms with E-state index in [1.54, 1.807) is 6.92 Å². The molecule has 1 aromatic heterocycles. The summed E-state index contributed by atoms with van der Waals surface area (Å²) in [6, 6.07) is 0. The van der Waals surface area contributed by atoms with E-state index >= 15 is 0 Å². The monoisotopic (exact) mass is 311 g/mol. The van der Waals surface area contributed by atoms with E-state index in [4.69, 9.17) is 4.74 Å². The molecule has 1 N–H and O–H groups in total. The second-order valence-electron chi connectivity index (χ2n) is 4.33. The van der Waals surface area contributed by atoms with Gasteiger partial charge in [-0.2, -0.15) is 0 Å². The zero-order valence-corrected chi connectivity index (χ0v) is 12.7. The number of aryl methyl sites for hydroxylation is 1. The van der Waals surface area contributed by atoms with Gasteiger partial charge in [0.1, 0.15) is 5.57 Å². The zero-order valence-electron chi connectivity index (χ0n) is 12.7. The van der Waals surface area contributed by atoms with E-state index in [2.05, 4.69) is 4.98 Å². The highest BCUT2D eigenvalue weighted by Crippen LogP contribution is 2.28. The highest BCUT2D eigenvalue weighted by Gasteiger charge is 2.33. The highest BCUT2D eigenvalue weighted by molar-refractivity contribution is 6.21. The Hall–Kier alpha value is -2.71. The molecular formula is C13H17N3O6. The second-order valence-corrected chi connectivity index (χ2v) is 4.33. The van der Waals surface area contributed by atoms with Crippen molar-refractivity contribution in [1.82, 2.24) is 9.55 Å². The Bertz CT molecular complexity index is 659. The van der Waals surface area contributed by atoms with Gasteiger partial charge in [-0.3, -0.25) is 9.36 Å². The topological polar surface area (TPSA) is 125 Å². The Kier molecular flexibility index (Phi) is 5.39. The van der Waals surface area contributed by atoms with Gasteiger partial charge in [0.2, 0.25) is 5.82 Å². The lowest BCUT2D eigenvalue weighted by atomic mass is 10.1. The number of ether oxygens (including phenoxy) is 1. The largest absolute Gasteiger partial charge is 0.505 e. The number of hydrogen-bond acceptors (Lipinski definition) is 7. The van der Waals surface area contributed by atoms with E-state index in [0.717, 1.165) is 6.92 Å². The lowest BCUT2D eigenvalue weighted by Crippen LogP contribution is -2.17. The van der Waals surface area contributed by atoms with E-state index in [0.29, 0.717) is 0 Å². The van der Waals surface area contributed by atoms with Crippen molar-refractivity contribution < 1.29 is 24.4 Å². The molecule has 0 atom stereocenters. The van der Waals surface area contributed by atoms with Crippen LogP contribution >= 0.6 is 0 Å². The molecule has 0 aliphatic carbocycles. The van der Waals surface area contributed by atoms with E-state index in [1.807, 2.05) is 0 Å². The minimum Gasteiger partial charge on any atom is -0.505 e. The lowest BCUT2D eigenvalue weighted by molar-refractivity contribution is -0.389. The predicted octanol–water partition coefficient (Wildman–Crippen LogP) is 1.54. The average Bonchev–Trinajstić information content (AvgIpc) is 2.75. The number of aliphatic hydroxyl groups is 1.